The summed E-state index contributed by atoms with van der Waals surface area (Å²) in [6.45, 7) is 1.52. The van der Waals surface area contributed by atoms with Gasteiger partial charge in [0.2, 0.25) is 17.7 Å². The summed E-state index contributed by atoms with van der Waals surface area (Å²) < 4.78 is 0. The molecule has 1 aliphatic carbocycles. The van der Waals surface area contributed by atoms with Gasteiger partial charge in [0.15, 0.2) is 0 Å². The Morgan fingerprint density at radius 1 is 1.09 bits per heavy atom. The molecule has 12 heteroatoms. The zero-order valence-corrected chi connectivity index (χ0v) is 22.1. The molecular formula is C22H43N7O3S2. The molecule has 0 spiro atoms. The number of carbonyl (C=O) groups is 3. The molecule has 0 bridgehead atoms. The van der Waals surface area contributed by atoms with E-state index in [9.17, 15) is 14.4 Å². The van der Waals surface area contributed by atoms with Crippen LogP contribution in [0.5, 0.6) is 0 Å². The second-order valence-electron chi connectivity index (χ2n) is 9.30. The van der Waals surface area contributed by atoms with E-state index in [1.807, 2.05) is 21.6 Å². The van der Waals surface area contributed by atoms with Crippen LogP contribution in [0.1, 0.15) is 51.4 Å². The molecule has 2 fully saturated rings. The van der Waals surface area contributed by atoms with Crippen molar-refractivity contribution in [3.8, 4) is 0 Å². The fraction of sp³-hybridized carbons (Fsp3) is 0.864. The standard InChI is InChI=1S/C22H43N7O3S2/c1-26-9-10-27-21(31)17(29(2)22(32)16(25)5-3-4-8-23)13-20(30)28-15-6-7-18-19(34-33-18)12-14(24)11-15/h14-19,26H,3-13,23-25H2,1-2H3,(H,27,31)(H,28,30)/t14?,15?,16-,17-,18?,19?/m0/s1. The van der Waals surface area contributed by atoms with Crippen LogP contribution in [0, 0.1) is 0 Å². The maximum absolute atomic E-state index is 13.0. The molecule has 1 aliphatic heterocycles. The maximum atomic E-state index is 13.0. The zero-order chi connectivity index (χ0) is 25.1. The molecule has 34 heavy (non-hydrogen) atoms. The molecule has 0 aromatic heterocycles. The van der Waals surface area contributed by atoms with Gasteiger partial charge in [-0.15, -0.1) is 0 Å². The van der Waals surface area contributed by atoms with Crippen molar-refractivity contribution >= 4 is 39.3 Å². The molecule has 0 aromatic rings. The van der Waals surface area contributed by atoms with Crippen molar-refractivity contribution in [1.82, 2.24) is 20.9 Å². The number of likely N-dealkylation sites (N-methyl/N-ethyl adjacent to an activating group) is 2. The number of nitrogens with one attached hydrogen (secondary N) is 3. The normalized spacial score (nSPS) is 26.1. The quantitative estimate of drug-likeness (QED) is 0.139. The van der Waals surface area contributed by atoms with Crippen LogP contribution in [0.2, 0.25) is 0 Å². The molecule has 3 amide bonds. The summed E-state index contributed by atoms with van der Waals surface area (Å²) in [5.74, 6) is -0.970. The first kappa shape index (κ1) is 29.2. The highest BCUT2D eigenvalue weighted by Gasteiger charge is 2.37. The third-order valence-electron chi connectivity index (χ3n) is 6.46. The van der Waals surface area contributed by atoms with Crippen LogP contribution >= 0.6 is 21.6 Å². The number of hydrogen-bond donors (Lipinski definition) is 6. The van der Waals surface area contributed by atoms with Gasteiger partial charge in [0.1, 0.15) is 6.04 Å². The van der Waals surface area contributed by atoms with E-state index in [2.05, 4.69) is 16.0 Å². The van der Waals surface area contributed by atoms with Crippen molar-refractivity contribution < 1.29 is 14.4 Å². The molecule has 9 N–H and O–H groups in total. The highest BCUT2D eigenvalue weighted by molar-refractivity contribution is 8.80. The molecule has 1 heterocycles. The molecule has 2 rings (SSSR count). The number of nitrogens with zero attached hydrogens (tertiary/aromatic N) is 1. The molecule has 0 radical (unpaired) electrons. The van der Waals surface area contributed by atoms with Gasteiger partial charge in [0.05, 0.1) is 12.5 Å². The van der Waals surface area contributed by atoms with E-state index in [0.717, 1.165) is 38.5 Å². The average Bonchev–Trinajstić information content (AvgIpc) is 2.78. The van der Waals surface area contributed by atoms with Crippen molar-refractivity contribution in [1.29, 1.82) is 0 Å². The van der Waals surface area contributed by atoms with Gasteiger partial charge in [-0.3, -0.25) is 14.4 Å². The minimum atomic E-state index is -0.935. The smallest absolute Gasteiger partial charge is 0.243 e. The Hall–Kier alpha value is -1.05. The SMILES string of the molecule is CNCCNC(=O)[C@H](CC(=O)NC1CCC2SSC2CC(N)C1)N(C)C(=O)[C@@H](N)CCCCN. The Balaban J connectivity index is 1.99. The summed E-state index contributed by atoms with van der Waals surface area (Å²) in [7, 11) is 7.14. The van der Waals surface area contributed by atoms with E-state index in [1.54, 1.807) is 7.05 Å². The summed E-state index contributed by atoms with van der Waals surface area (Å²) in [5, 5.41) is 10.1. The van der Waals surface area contributed by atoms with E-state index in [0.29, 0.717) is 36.6 Å². The Labute approximate surface area is 211 Å². The van der Waals surface area contributed by atoms with Crippen molar-refractivity contribution in [3.05, 3.63) is 0 Å². The summed E-state index contributed by atoms with van der Waals surface area (Å²) in [6.07, 6.45) is 5.48. The summed E-state index contributed by atoms with van der Waals surface area (Å²) >= 11 is 0. The van der Waals surface area contributed by atoms with Gasteiger partial charge in [-0.1, -0.05) is 28.0 Å². The average molecular weight is 518 g/mol. The van der Waals surface area contributed by atoms with Crippen LogP contribution < -0.4 is 33.2 Å². The second kappa shape index (κ2) is 15.1. The van der Waals surface area contributed by atoms with Crippen LogP contribution in [0.3, 0.4) is 0 Å². The van der Waals surface area contributed by atoms with E-state index >= 15 is 0 Å². The van der Waals surface area contributed by atoms with E-state index < -0.39 is 12.1 Å². The first-order chi connectivity index (χ1) is 16.3. The number of rotatable bonds is 13. The molecule has 1 saturated heterocycles. The third-order valence-corrected chi connectivity index (χ3v) is 10.1. The second-order valence-corrected chi connectivity index (χ2v) is 12.0. The summed E-state index contributed by atoms with van der Waals surface area (Å²) in [4.78, 5) is 40.1. The molecule has 4 unspecified atom stereocenters. The lowest BCUT2D eigenvalue weighted by Crippen LogP contribution is -2.55. The first-order valence-corrected chi connectivity index (χ1v) is 14.6. The Morgan fingerprint density at radius 2 is 1.82 bits per heavy atom. The Kier molecular flexibility index (Phi) is 13.0. The molecule has 6 atom stereocenters. The van der Waals surface area contributed by atoms with Gasteiger partial charge in [-0.2, -0.15) is 0 Å². The predicted octanol–water partition coefficient (Wildman–Crippen LogP) is -0.486. The highest BCUT2D eigenvalue weighted by Crippen LogP contribution is 2.52. The number of amides is 3. The van der Waals surface area contributed by atoms with E-state index in [1.165, 1.54) is 11.9 Å². The monoisotopic (exact) mass is 517 g/mol. The molecule has 1 saturated carbocycles. The first-order valence-electron chi connectivity index (χ1n) is 12.3. The Morgan fingerprint density at radius 3 is 2.47 bits per heavy atom. The van der Waals surface area contributed by atoms with Gasteiger partial charge in [-0.25, -0.2) is 0 Å². The number of unbranched alkanes of at least 4 members (excludes halogenated alkanes) is 1. The van der Waals surface area contributed by atoms with Crippen molar-refractivity contribution in [2.45, 2.75) is 86.0 Å². The minimum Gasteiger partial charge on any atom is -0.353 e. The van der Waals surface area contributed by atoms with Gasteiger partial charge in [-0.05, 0) is 52.1 Å². The van der Waals surface area contributed by atoms with Crippen molar-refractivity contribution in [3.63, 3.8) is 0 Å². The minimum absolute atomic E-state index is 0.0258. The van der Waals surface area contributed by atoms with Crippen LogP contribution in [0.4, 0.5) is 0 Å². The number of nitrogens with two attached hydrogens (primary N) is 3. The van der Waals surface area contributed by atoms with Crippen molar-refractivity contribution in [2.24, 2.45) is 17.2 Å². The topological polar surface area (TPSA) is 169 Å². The lowest BCUT2D eigenvalue weighted by atomic mass is 9.92. The fourth-order valence-electron chi connectivity index (χ4n) is 4.36. The van der Waals surface area contributed by atoms with Gasteiger partial charge < -0.3 is 38.1 Å². The molecule has 10 nitrogen and oxygen atoms in total. The maximum Gasteiger partial charge on any atom is 0.243 e. The van der Waals surface area contributed by atoms with Crippen molar-refractivity contribution in [2.75, 3.05) is 33.7 Å². The zero-order valence-electron chi connectivity index (χ0n) is 20.5. The highest BCUT2D eigenvalue weighted by atomic mass is 33.1. The van der Waals surface area contributed by atoms with E-state index in [4.69, 9.17) is 17.2 Å². The van der Waals surface area contributed by atoms with Crippen LogP contribution in [0.25, 0.3) is 0 Å². The lowest BCUT2D eigenvalue weighted by molar-refractivity contribution is -0.142. The lowest BCUT2D eigenvalue weighted by Gasteiger charge is -2.40. The number of fused-ring (bicyclic) bond motifs is 1. The largest absolute Gasteiger partial charge is 0.353 e. The Bertz CT molecular complexity index is 672. The molecular weight excluding hydrogens is 474 g/mol. The summed E-state index contributed by atoms with van der Waals surface area (Å²) in [6, 6.07) is -1.65. The summed E-state index contributed by atoms with van der Waals surface area (Å²) in [5.41, 5.74) is 17.9. The van der Waals surface area contributed by atoms with Gasteiger partial charge in [0, 0.05) is 42.7 Å². The van der Waals surface area contributed by atoms with Crippen LogP contribution in [-0.4, -0.2) is 91.0 Å². The molecule has 0 aromatic carbocycles. The molecule has 196 valence electrons. The third kappa shape index (κ3) is 9.19. The van der Waals surface area contributed by atoms with Crippen LogP contribution in [-0.2, 0) is 14.4 Å². The molecule has 2 aliphatic rings. The fourth-order valence-corrected chi connectivity index (χ4v) is 7.39. The van der Waals surface area contributed by atoms with E-state index in [-0.39, 0.29) is 36.2 Å². The van der Waals surface area contributed by atoms with Gasteiger partial charge >= 0.3 is 0 Å². The number of carbonyl (C=O) groups excluding carboxylic acids is 3. The van der Waals surface area contributed by atoms with Crippen LogP contribution in [0.15, 0.2) is 0 Å². The predicted molar refractivity (Wildman–Crippen MR) is 140 cm³/mol. The van der Waals surface area contributed by atoms with Gasteiger partial charge in [0.25, 0.3) is 0 Å². The number of hydrogen-bond acceptors (Lipinski definition) is 9.